The lowest BCUT2D eigenvalue weighted by Gasteiger charge is -2.06. The zero-order chi connectivity index (χ0) is 14.5. The van der Waals surface area contributed by atoms with Crippen LogP contribution in [0.25, 0.3) is 0 Å². The summed E-state index contributed by atoms with van der Waals surface area (Å²) in [7, 11) is 0. The van der Waals surface area contributed by atoms with Gasteiger partial charge in [-0.05, 0) is 26.0 Å². The van der Waals surface area contributed by atoms with Gasteiger partial charge in [-0.2, -0.15) is 5.10 Å². The summed E-state index contributed by atoms with van der Waals surface area (Å²) in [6.45, 7) is 3.20. The Morgan fingerprint density at radius 2 is 2.00 bits per heavy atom. The van der Waals surface area contributed by atoms with E-state index in [4.69, 9.17) is 9.84 Å². The molecule has 0 unspecified atom stereocenters. The van der Waals surface area contributed by atoms with Crippen molar-refractivity contribution in [3.8, 4) is 5.75 Å². The van der Waals surface area contributed by atoms with Gasteiger partial charge in [0.1, 0.15) is 5.75 Å². The highest BCUT2D eigenvalue weighted by Gasteiger charge is 2.05. The summed E-state index contributed by atoms with van der Waals surface area (Å²) in [6, 6.07) is 7.07. The summed E-state index contributed by atoms with van der Waals surface area (Å²) in [5, 5.41) is 20.7. The normalized spacial score (nSPS) is 10.9. The highest BCUT2D eigenvalue weighted by atomic mass is 16.5. The first kappa shape index (κ1) is 13.7. The maximum absolute atomic E-state index is 10.5. The van der Waals surface area contributed by atoms with Crippen LogP contribution in [-0.4, -0.2) is 38.8 Å². The minimum atomic E-state index is -1.03. The number of benzene rings is 1. The average molecular weight is 274 g/mol. The Labute approximate surface area is 115 Å². The standard InChI is InChI=1S/C13H14N4O3/c1-9-15-16-10(2)17(9)14-7-11-5-3-4-6-12(11)20-8-13(18)19/h3-7H,8H2,1-2H3,(H,18,19). The molecule has 0 aliphatic heterocycles. The first-order valence-electron chi connectivity index (χ1n) is 5.94. The smallest absolute Gasteiger partial charge is 0.341 e. The van der Waals surface area contributed by atoms with Crippen LogP contribution in [0.4, 0.5) is 0 Å². The van der Waals surface area contributed by atoms with Crippen LogP contribution in [0.2, 0.25) is 0 Å². The van der Waals surface area contributed by atoms with Gasteiger partial charge in [0.25, 0.3) is 0 Å². The molecule has 1 heterocycles. The number of aromatic nitrogens is 3. The van der Waals surface area contributed by atoms with Gasteiger partial charge in [-0.25, -0.2) is 9.47 Å². The predicted molar refractivity (Wildman–Crippen MR) is 72.1 cm³/mol. The van der Waals surface area contributed by atoms with Crippen molar-refractivity contribution in [2.45, 2.75) is 13.8 Å². The van der Waals surface area contributed by atoms with E-state index >= 15 is 0 Å². The van der Waals surface area contributed by atoms with Gasteiger partial charge in [0.2, 0.25) is 0 Å². The van der Waals surface area contributed by atoms with Crippen molar-refractivity contribution in [3.05, 3.63) is 41.5 Å². The molecule has 104 valence electrons. The molecule has 0 spiro atoms. The summed E-state index contributed by atoms with van der Waals surface area (Å²) >= 11 is 0. The molecule has 0 fully saturated rings. The monoisotopic (exact) mass is 274 g/mol. The number of hydrogen-bond acceptors (Lipinski definition) is 5. The Balaban J connectivity index is 2.23. The van der Waals surface area contributed by atoms with Gasteiger partial charge in [-0.15, -0.1) is 10.2 Å². The molecule has 7 heteroatoms. The van der Waals surface area contributed by atoms with E-state index in [1.54, 1.807) is 42.9 Å². The van der Waals surface area contributed by atoms with E-state index in [9.17, 15) is 4.79 Å². The molecule has 0 amide bonds. The summed E-state index contributed by atoms with van der Waals surface area (Å²) in [5.74, 6) is 0.773. The lowest BCUT2D eigenvalue weighted by Crippen LogP contribution is -2.10. The number of hydrogen-bond donors (Lipinski definition) is 1. The summed E-state index contributed by atoms with van der Waals surface area (Å²) < 4.78 is 6.79. The van der Waals surface area contributed by atoms with E-state index in [0.717, 1.165) is 0 Å². The lowest BCUT2D eigenvalue weighted by molar-refractivity contribution is -0.139. The van der Waals surface area contributed by atoms with Crippen LogP contribution >= 0.6 is 0 Å². The fourth-order valence-electron chi connectivity index (χ4n) is 1.61. The second-order valence-corrected chi connectivity index (χ2v) is 4.07. The second kappa shape index (κ2) is 5.96. The summed E-state index contributed by atoms with van der Waals surface area (Å²) in [6.07, 6.45) is 1.58. The topological polar surface area (TPSA) is 89.6 Å². The number of carboxylic acids is 1. The van der Waals surface area contributed by atoms with Crippen molar-refractivity contribution in [2.24, 2.45) is 5.10 Å². The van der Waals surface area contributed by atoms with Crippen molar-refractivity contribution in [1.29, 1.82) is 0 Å². The molecular weight excluding hydrogens is 260 g/mol. The van der Waals surface area contributed by atoms with Crippen LogP contribution < -0.4 is 4.74 Å². The van der Waals surface area contributed by atoms with Gasteiger partial charge in [0.05, 0.1) is 6.21 Å². The summed E-state index contributed by atoms with van der Waals surface area (Å²) in [4.78, 5) is 10.5. The van der Waals surface area contributed by atoms with Gasteiger partial charge in [-0.1, -0.05) is 12.1 Å². The minimum Gasteiger partial charge on any atom is -0.481 e. The number of ether oxygens (including phenoxy) is 1. The van der Waals surface area contributed by atoms with Crippen LogP contribution in [0.15, 0.2) is 29.4 Å². The van der Waals surface area contributed by atoms with Crippen molar-refractivity contribution >= 4 is 12.2 Å². The molecule has 0 atom stereocenters. The lowest BCUT2D eigenvalue weighted by atomic mass is 10.2. The molecule has 7 nitrogen and oxygen atoms in total. The Morgan fingerprint density at radius 1 is 1.35 bits per heavy atom. The van der Waals surface area contributed by atoms with Crippen LogP contribution in [0, 0.1) is 13.8 Å². The molecular formula is C13H14N4O3. The van der Waals surface area contributed by atoms with Gasteiger partial charge in [0.15, 0.2) is 18.3 Å². The van der Waals surface area contributed by atoms with E-state index in [0.29, 0.717) is 23.0 Å². The van der Waals surface area contributed by atoms with Crippen molar-refractivity contribution in [3.63, 3.8) is 0 Å². The molecule has 0 saturated heterocycles. The SMILES string of the molecule is Cc1nnc(C)n1N=Cc1ccccc1OCC(=O)O. The molecule has 0 saturated carbocycles. The molecule has 20 heavy (non-hydrogen) atoms. The highest BCUT2D eigenvalue weighted by Crippen LogP contribution is 2.16. The molecule has 2 aromatic rings. The summed E-state index contributed by atoms with van der Waals surface area (Å²) in [5.41, 5.74) is 0.682. The predicted octanol–water partition coefficient (Wildman–Crippen LogP) is 1.24. The second-order valence-electron chi connectivity index (χ2n) is 4.07. The van der Waals surface area contributed by atoms with Crippen molar-refractivity contribution in [1.82, 2.24) is 14.9 Å². The Morgan fingerprint density at radius 3 is 2.65 bits per heavy atom. The molecule has 0 radical (unpaired) electrons. The molecule has 1 N–H and O–H groups in total. The Bertz CT molecular complexity index is 629. The van der Waals surface area contributed by atoms with Crippen LogP contribution in [0.5, 0.6) is 5.75 Å². The first-order valence-corrected chi connectivity index (χ1v) is 5.94. The molecule has 1 aromatic carbocycles. The van der Waals surface area contributed by atoms with Crippen LogP contribution in [-0.2, 0) is 4.79 Å². The zero-order valence-electron chi connectivity index (χ0n) is 11.1. The van der Waals surface area contributed by atoms with E-state index in [2.05, 4.69) is 15.3 Å². The number of carboxylic acid groups (broad SMARTS) is 1. The molecule has 0 aliphatic carbocycles. The van der Waals surface area contributed by atoms with Gasteiger partial charge in [0, 0.05) is 5.56 Å². The maximum Gasteiger partial charge on any atom is 0.341 e. The van der Waals surface area contributed by atoms with E-state index in [-0.39, 0.29) is 0 Å². The fourth-order valence-corrected chi connectivity index (χ4v) is 1.61. The van der Waals surface area contributed by atoms with E-state index in [1.807, 2.05) is 6.07 Å². The van der Waals surface area contributed by atoms with Crippen molar-refractivity contribution in [2.75, 3.05) is 6.61 Å². The number of aliphatic carboxylic acids is 1. The quantitative estimate of drug-likeness (QED) is 0.828. The van der Waals surface area contributed by atoms with Crippen LogP contribution in [0.1, 0.15) is 17.2 Å². The maximum atomic E-state index is 10.5. The average Bonchev–Trinajstić information content (AvgIpc) is 2.74. The zero-order valence-corrected chi connectivity index (χ0v) is 11.1. The minimum absolute atomic E-state index is 0.393. The van der Waals surface area contributed by atoms with Gasteiger partial charge in [-0.3, -0.25) is 0 Å². The number of carbonyl (C=O) groups is 1. The molecule has 1 aromatic heterocycles. The third-order valence-corrected chi connectivity index (χ3v) is 2.53. The highest BCUT2D eigenvalue weighted by molar-refractivity contribution is 5.83. The number of para-hydroxylation sites is 1. The third-order valence-electron chi connectivity index (χ3n) is 2.53. The third kappa shape index (κ3) is 3.19. The number of rotatable bonds is 5. The van der Waals surface area contributed by atoms with E-state index in [1.165, 1.54) is 0 Å². The van der Waals surface area contributed by atoms with E-state index < -0.39 is 12.6 Å². The Hall–Kier alpha value is -2.70. The molecule has 0 bridgehead atoms. The number of aryl methyl sites for hydroxylation is 2. The van der Waals surface area contributed by atoms with Gasteiger partial charge >= 0.3 is 5.97 Å². The van der Waals surface area contributed by atoms with Crippen molar-refractivity contribution < 1.29 is 14.6 Å². The largest absolute Gasteiger partial charge is 0.481 e. The first-order chi connectivity index (χ1) is 9.58. The Kier molecular flexibility index (Phi) is 4.09. The molecule has 0 aliphatic rings. The number of nitrogens with zero attached hydrogens (tertiary/aromatic N) is 4. The molecule has 2 rings (SSSR count). The van der Waals surface area contributed by atoms with Crippen LogP contribution in [0.3, 0.4) is 0 Å². The fraction of sp³-hybridized carbons (Fsp3) is 0.231. The van der Waals surface area contributed by atoms with Gasteiger partial charge < -0.3 is 9.84 Å².